The minimum atomic E-state index is -3.35. The Morgan fingerprint density at radius 3 is 2.52 bits per heavy atom. The van der Waals surface area contributed by atoms with Crippen molar-refractivity contribution >= 4 is 27.3 Å². The molecule has 1 N–H and O–H groups in total. The van der Waals surface area contributed by atoms with Crippen LogP contribution in [0.4, 0.5) is 5.69 Å². The highest BCUT2D eigenvalue weighted by Crippen LogP contribution is 2.33. The third-order valence-corrected chi connectivity index (χ3v) is 4.52. The summed E-state index contributed by atoms with van der Waals surface area (Å²) in [5.74, 6) is -0.130. The number of carbonyl (C=O) groups is 1. The molecular formula is C18H19N3O3S. The lowest BCUT2D eigenvalue weighted by Gasteiger charge is -2.20. The minimum Gasteiger partial charge on any atom is -0.284 e. The van der Waals surface area contributed by atoms with E-state index in [1.807, 2.05) is 36.4 Å². The van der Waals surface area contributed by atoms with Crippen LogP contribution in [0.15, 0.2) is 59.7 Å². The normalized spacial score (nSPS) is 17.3. The van der Waals surface area contributed by atoms with Crippen LogP contribution in [0.25, 0.3) is 0 Å². The summed E-state index contributed by atoms with van der Waals surface area (Å²) in [5.41, 5.74) is 3.03. The molecular weight excluding hydrogens is 338 g/mol. The van der Waals surface area contributed by atoms with Crippen LogP contribution in [0.5, 0.6) is 0 Å². The molecule has 130 valence electrons. The van der Waals surface area contributed by atoms with E-state index in [2.05, 4.69) is 9.82 Å². The Morgan fingerprint density at radius 2 is 1.88 bits per heavy atom. The number of nitrogens with one attached hydrogen (secondary N) is 1. The number of benzene rings is 2. The van der Waals surface area contributed by atoms with Gasteiger partial charge >= 0.3 is 0 Å². The molecule has 1 aliphatic rings. The number of rotatable bonds is 4. The van der Waals surface area contributed by atoms with Crippen LogP contribution in [0.2, 0.25) is 0 Å². The lowest BCUT2D eigenvalue weighted by Crippen LogP contribution is -2.24. The van der Waals surface area contributed by atoms with Gasteiger partial charge < -0.3 is 0 Å². The lowest BCUT2D eigenvalue weighted by atomic mass is 9.98. The number of amides is 1. The predicted molar refractivity (Wildman–Crippen MR) is 97.8 cm³/mol. The Hall–Kier alpha value is -2.67. The van der Waals surface area contributed by atoms with Crippen LogP contribution >= 0.6 is 0 Å². The first-order chi connectivity index (χ1) is 11.8. The van der Waals surface area contributed by atoms with Gasteiger partial charge in [-0.2, -0.15) is 5.10 Å². The molecule has 0 saturated heterocycles. The second-order valence-corrected chi connectivity index (χ2v) is 7.74. The first-order valence-electron chi connectivity index (χ1n) is 7.84. The zero-order chi connectivity index (χ0) is 18.0. The first kappa shape index (κ1) is 17.2. The molecule has 1 heterocycles. The van der Waals surface area contributed by atoms with Gasteiger partial charge in [0, 0.05) is 19.0 Å². The highest BCUT2D eigenvalue weighted by molar-refractivity contribution is 7.92. The van der Waals surface area contributed by atoms with Crippen molar-refractivity contribution in [1.82, 2.24) is 5.01 Å². The third kappa shape index (κ3) is 4.06. The van der Waals surface area contributed by atoms with Crippen molar-refractivity contribution in [3.63, 3.8) is 0 Å². The Bertz CT molecular complexity index is 924. The number of anilines is 1. The van der Waals surface area contributed by atoms with E-state index in [-0.39, 0.29) is 11.9 Å². The second-order valence-electron chi connectivity index (χ2n) is 6.00. The number of nitrogens with zero attached hydrogens (tertiary/aromatic N) is 2. The highest BCUT2D eigenvalue weighted by atomic mass is 32.2. The molecule has 2 aromatic carbocycles. The van der Waals surface area contributed by atoms with E-state index in [1.165, 1.54) is 11.9 Å². The standard InChI is InChI=1S/C18H19N3O3S/c1-13(22)21-18(14-7-4-3-5-8-14)12-17(19-21)15-9-6-10-16(11-15)20-25(2,23)24/h3-11,18,20H,12H2,1-2H3/t18-/m0/s1. The fourth-order valence-electron chi connectivity index (χ4n) is 2.89. The minimum absolute atomic E-state index is 0.130. The topological polar surface area (TPSA) is 78.8 Å². The Labute approximate surface area is 147 Å². The average molecular weight is 357 g/mol. The summed E-state index contributed by atoms with van der Waals surface area (Å²) >= 11 is 0. The molecule has 25 heavy (non-hydrogen) atoms. The van der Waals surface area contributed by atoms with Gasteiger partial charge in [0.2, 0.25) is 15.9 Å². The number of sulfonamides is 1. The van der Waals surface area contributed by atoms with Crippen molar-refractivity contribution in [2.45, 2.75) is 19.4 Å². The van der Waals surface area contributed by atoms with Crippen molar-refractivity contribution in [2.24, 2.45) is 5.10 Å². The molecule has 3 rings (SSSR count). The van der Waals surface area contributed by atoms with E-state index in [0.717, 1.165) is 23.1 Å². The summed E-state index contributed by atoms with van der Waals surface area (Å²) in [4.78, 5) is 12.0. The molecule has 6 nitrogen and oxygen atoms in total. The van der Waals surface area contributed by atoms with Crippen LogP contribution in [-0.2, 0) is 14.8 Å². The molecule has 0 aliphatic carbocycles. The van der Waals surface area contributed by atoms with E-state index >= 15 is 0 Å². The summed E-state index contributed by atoms with van der Waals surface area (Å²) in [5, 5.41) is 5.96. The molecule has 0 saturated carbocycles. The van der Waals surface area contributed by atoms with Gasteiger partial charge in [-0.25, -0.2) is 13.4 Å². The molecule has 1 aliphatic heterocycles. The lowest BCUT2D eigenvalue weighted by molar-refractivity contribution is -0.130. The number of hydrogen-bond donors (Lipinski definition) is 1. The van der Waals surface area contributed by atoms with Crippen LogP contribution in [0.1, 0.15) is 30.5 Å². The average Bonchev–Trinajstić information content (AvgIpc) is 3.00. The zero-order valence-electron chi connectivity index (χ0n) is 14.0. The maximum Gasteiger partial charge on any atom is 0.240 e. The van der Waals surface area contributed by atoms with Gasteiger partial charge in [-0.15, -0.1) is 0 Å². The second kappa shape index (κ2) is 6.68. The van der Waals surface area contributed by atoms with Crippen molar-refractivity contribution in [1.29, 1.82) is 0 Å². The zero-order valence-corrected chi connectivity index (χ0v) is 14.8. The van der Waals surface area contributed by atoms with E-state index < -0.39 is 10.0 Å². The number of hydrogen-bond acceptors (Lipinski definition) is 4. The molecule has 7 heteroatoms. The fourth-order valence-corrected chi connectivity index (χ4v) is 3.44. The van der Waals surface area contributed by atoms with Crippen molar-refractivity contribution in [3.05, 3.63) is 65.7 Å². The number of hydrazone groups is 1. The van der Waals surface area contributed by atoms with Crippen LogP contribution in [-0.4, -0.2) is 31.3 Å². The quantitative estimate of drug-likeness (QED) is 0.914. The molecule has 0 fully saturated rings. The molecule has 0 bridgehead atoms. The molecule has 0 radical (unpaired) electrons. The SMILES string of the molecule is CC(=O)N1N=C(c2cccc(NS(C)(=O)=O)c2)C[C@H]1c1ccccc1. The molecule has 1 atom stereocenters. The smallest absolute Gasteiger partial charge is 0.240 e. The summed E-state index contributed by atoms with van der Waals surface area (Å²) in [6, 6.07) is 16.6. The monoisotopic (exact) mass is 357 g/mol. The molecule has 0 spiro atoms. The van der Waals surface area contributed by atoms with Gasteiger partial charge in [-0.05, 0) is 23.3 Å². The Kier molecular flexibility index (Phi) is 4.59. The first-order valence-corrected chi connectivity index (χ1v) is 9.73. The Morgan fingerprint density at radius 1 is 1.16 bits per heavy atom. The highest BCUT2D eigenvalue weighted by Gasteiger charge is 2.31. The van der Waals surface area contributed by atoms with Gasteiger partial charge in [0.15, 0.2) is 0 Å². The molecule has 0 aromatic heterocycles. The van der Waals surface area contributed by atoms with Gasteiger partial charge in [0.25, 0.3) is 0 Å². The summed E-state index contributed by atoms with van der Waals surface area (Å²) in [6.07, 6.45) is 1.68. The summed E-state index contributed by atoms with van der Waals surface area (Å²) < 4.78 is 25.3. The Balaban J connectivity index is 1.92. The molecule has 2 aromatic rings. The van der Waals surface area contributed by atoms with Gasteiger partial charge in [0.1, 0.15) is 0 Å². The molecule has 1 amide bonds. The van der Waals surface area contributed by atoms with E-state index in [4.69, 9.17) is 0 Å². The maximum atomic E-state index is 12.0. The van der Waals surface area contributed by atoms with Crippen LogP contribution in [0.3, 0.4) is 0 Å². The molecule has 0 unspecified atom stereocenters. The third-order valence-electron chi connectivity index (χ3n) is 3.92. The predicted octanol–water partition coefficient (Wildman–Crippen LogP) is 2.76. The van der Waals surface area contributed by atoms with Crippen molar-refractivity contribution in [3.8, 4) is 0 Å². The fraction of sp³-hybridized carbons (Fsp3) is 0.222. The van der Waals surface area contributed by atoms with E-state index in [1.54, 1.807) is 18.2 Å². The van der Waals surface area contributed by atoms with Crippen LogP contribution in [0, 0.1) is 0 Å². The summed E-state index contributed by atoms with van der Waals surface area (Å²) in [6.45, 7) is 1.49. The van der Waals surface area contributed by atoms with Crippen LogP contribution < -0.4 is 4.72 Å². The van der Waals surface area contributed by atoms with Crippen molar-refractivity contribution < 1.29 is 13.2 Å². The van der Waals surface area contributed by atoms with Gasteiger partial charge in [-0.1, -0.05) is 42.5 Å². The maximum absolute atomic E-state index is 12.0. The number of carbonyl (C=O) groups excluding carboxylic acids is 1. The van der Waals surface area contributed by atoms with E-state index in [0.29, 0.717) is 12.1 Å². The van der Waals surface area contributed by atoms with E-state index in [9.17, 15) is 13.2 Å². The largest absolute Gasteiger partial charge is 0.284 e. The van der Waals surface area contributed by atoms with Gasteiger partial charge in [0.05, 0.1) is 18.0 Å². The van der Waals surface area contributed by atoms with Gasteiger partial charge in [-0.3, -0.25) is 9.52 Å². The van der Waals surface area contributed by atoms with Crippen molar-refractivity contribution in [2.75, 3.05) is 11.0 Å². The summed E-state index contributed by atoms with van der Waals surface area (Å²) in [7, 11) is -3.35.